The van der Waals surface area contributed by atoms with Crippen LogP contribution < -0.4 is 9.47 Å². The van der Waals surface area contributed by atoms with Gasteiger partial charge in [-0.2, -0.15) is 24.5 Å². The summed E-state index contributed by atoms with van der Waals surface area (Å²) in [5, 5.41) is 3.49. The molecular weight excluding hydrogens is 355 g/mol. The molecule has 1 aromatic carbocycles. The number of amides is 1. The zero-order chi connectivity index (χ0) is 18.4. The Kier molecular flexibility index (Phi) is 6.30. The van der Waals surface area contributed by atoms with Crippen molar-refractivity contribution < 1.29 is 27.4 Å². The fourth-order valence-electron chi connectivity index (χ4n) is 2.33. The molecule has 0 saturated heterocycles. The van der Waals surface area contributed by atoms with Crippen LogP contribution in [-0.2, 0) is 17.8 Å². The Hall–Kier alpha value is -2.22. The molecule has 0 aliphatic carbocycles. The first kappa shape index (κ1) is 19.1. The lowest BCUT2D eigenvalue weighted by atomic mass is 10.1. The van der Waals surface area contributed by atoms with E-state index in [0.717, 1.165) is 4.90 Å². The molecule has 0 bridgehead atoms. The summed E-state index contributed by atoms with van der Waals surface area (Å²) < 4.78 is 48.7. The standard InChI is InChI=1S/C17H18F3NO3S/c1-23-14-4-3-12(7-15(14)24-2)8-16(22)21(11-17(18,19)20)9-13-5-6-25-10-13/h3-7,10H,8-9,11H2,1-2H3. The second-order valence-electron chi connectivity index (χ2n) is 5.36. The van der Waals surface area contributed by atoms with Gasteiger partial charge in [0.05, 0.1) is 20.6 Å². The minimum Gasteiger partial charge on any atom is -0.493 e. The van der Waals surface area contributed by atoms with Crippen LogP contribution in [0.25, 0.3) is 0 Å². The summed E-state index contributed by atoms with van der Waals surface area (Å²) >= 11 is 1.37. The molecular formula is C17H18F3NO3S. The molecule has 0 fully saturated rings. The van der Waals surface area contributed by atoms with Crippen LogP contribution in [0.2, 0.25) is 0 Å². The molecule has 0 unspecified atom stereocenters. The highest BCUT2D eigenvalue weighted by Gasteiger charge is 2.33. The molecule has 0 aliphatic rings. The van der Waals surface area contributed by atoms with Gasteiger partial charge in [0.2, 0.25) is 5.91 Å². The Morgan fingerprint density at radius 2 is 1.84 bits per heavy atom. The van der Waals surface area contributed by atoms with Gasteiger partial charge in [-0.25, -0.2) is 0 Å². The van der Waals surface area contributed by atoms with Gasteiger partial charge in [0.1, 0.15) is 6.54 Å². The number of hydrogen-bond acceptors (Lipinski definition) is 4. The molecule has 0 saturated carbocycles. The van der Waals surface area contributed by atoms with Crippen LogP contribution in [0.1, 0.15) is 11.1 Å². The van der Waals surface area contributed by atoms with Crippen LogP contribution in [0.5, 0.6) is 11.5 Å². The molecule has 1 aromatic heterocycles. The normalized spacial score (nSPS) is 11.2. The van der Waals surface area contributed by atoms with E-state index >= 15 is 0 Å². The number of benzene rings is 1. The third-order valence-electron chi connectivity index (χ3n) is 3.48. The summed E-state index contributed by atoms with van der Waals surface area (Å²) in [5.41, 5.74) is 1.23. The Balaban J connectivity index is 2.15. The molecule has 2 aromatic rings. The van der Waals surface area contributed by atoms with Crippen LogP contribution in [0.15, 0.2) is 35.0 Å². The van der Waals surface area contributed by atoms with Crippen LogP contribution in [0, 0.1) is 0 Å². The highest BCUT2D eigenvalue weighted by Crippen LogP contribution is 2.28. The summed E-state index contributed by atoms with van der Waals surface area (Å²) in [6.07, 6.45) is -4.61. The first-order valence-corrected chi connectivity index (χ1v) is 8.33. The molecule has 136 valence electrons. The lowest BCUT2D eigenvalue weighted by Gasteiger charge is -2.24. The first-order valence-electron chi connectivity index (χ1n) is 7.39. The third kappa shape index (κ3) is 5.67. The highest BCUT2D eigenvalue weighted by molar-refractivity contribution is 7.07. The van der Waals surface area contributed by atoms with Crippen molar-refractivity contribution in [1.29, 1.82) is 0 Å². The molecule has 0 radical (unpaired) electrons. The zero-order valence-electron chi connectivity index (χ0n) is 13.8. The van der Waals surface area contributed by atoms with Gasteiger partial charge in [0, 0.05) is 6.54 Å². The van der Waals surface area contributed by atoms with E-state index in [1.807, 2.05) is 0 Å². The van der Waals surface area contributed by atoms with Crippen molar-refractivity contribution in [2.24, 2.45) is 0 Å². The molecule has 4 nitrogen and oxygen atoms in total. The number of alkyl halides is 3. The predicted molar refractivity (Wildman–Crippen MR) is 89.0 cm³/mol. The van der Waals surface area contributed by atoms with Gasteiger partial charge in [-0.3, -0.25) is 4.79 Å². The lowest BCUT2D eigenvalue weighted by Crippen LogP contribution is -2.39. The maximum absolute atomic E-state index is 12.8. The topological polar surface area (TPSA) is 38.8 Å². The van der Waals surface area contributed by atoms with E-state index in [0.29, 0.717) is 22.6 Å². The van der Waals surface area contributed by atoms with Crippen molar-refractivity contribution >= 4 is 17.2 Å². The van der Waals surface area contributed by atoms with E-state index in [2.05, 4.69) is 0 Å². The SMILES string of the molecule is COc1ccc(CC(=O)N(Cc2ccsc2)CC(F)(F)F)cc1OC. The van der Waals surface area contributed by atoms with Crippen molar-refractivity contribution in [3.63, 3.8) is 0 Å². The second kappa shape index (κ2) is 8.24. The number of thiophene rings is 1. The molecule has 0 atom stereocenters. The molecule has 1 amide bonds. The van der Waals surface area contributed by atoms with Gasteiger partial charge in [0.15, 0.2) is 11.5 Å². The minimum atomic E-state index is -4.46. The van der Waals surface area contributed by atoms with Gasteiger partial charge < -0.3 is 14.4 Å². The molecule has 0 N–H and O–H groups in total. The highest BCUT2D eigenvalue weighted by atomic mass is 32.1. The van der Waals surface area contributed by atoms with Crippen LogP contribution in [0.3, 0.4) is 0 Å². The number of carbonyl (C=O) groups is 1. The lowest BCUT2D eigenvalue weighted by molar-refractivity contribution is -0.162. The Labute approximate surface area is 147 Å². The number of nitrogens with zero attached hydrogens (tertiary/aromatic N) is 1. The zero-order valence-corrected chi connectivity index (χ0v) is 14.6. The largest absolute Gasteiger partial charge is 0.493 e. The molecule has 8 heteroatoms. The van der Waals surface area contributed by atoms with Crippen LogP contribution in [0.4, 0.5) is 13.2 Å². The minimum absolute atomic E-state index is 0.0743. The summed E-state index contributed by atoms with van der Waals surface area (Å²) in [7, 11) is 2.94. The number of rotatable bonds is 7. The molecule has 1 heterocycles. The van der Waals surface area contributed by atoms with Gasteiger partial charge in [0.25, 0.3) is 0 Å². The van der Waals surface area contributed by atoms with Crippen LogP contribution >= 0.6 is 11.3 Å². The average molecular weight is 373 g/mol. The molecule has 0 spiro atoms. The molecule has 2 rings (SSSR count). The monoisotopic (exact) mass is 373 g/mol. The molecule has 25 heavy (non-hydrogen) atoms. The third-order valence-corrected chi connectivity index (χ3v) is 4.21. The number of halogens is 3. The first-order chi connectivity index (χ1) is 11.8. The Morgan fingerprint density at radius 1 is 1.12 bits per heavy atom. The number of hydrogen-bond donors (Lipinski definition) is 0. The number of methoxy groups -OCH3 is 2. The fraction of sp³-hybridized carbons (Fsp3) is 0.353. The van der Waals surface area contributed by atoms with Crippen molar-refractivity contribution in [2.75, 3.05) is 20.8 Å². The summed E-state index contributed by atoms with van der Waals surface area (Å²) in [6.45, 7) is -1.36. The predicted octanol–water partition coefficient (Wildman–Crippen LogP) is 3.90. The van der Waals surface area contributed by atoms with E-state index in [-0.39, 0.29) is 13.0 Å². The number of carbonyl (C=O) groups excluding carboxylic acids is 1. The summed E-state index contributed by atoms with van der Waals surface area (Å²) in [4.78, 5) is 13.2. The maximum Gasteiger partial charge on any atom is 0.406 e. The quantitative estimate of drug-likeness (QED) is 0.739. The van der Waals surface area contributed by atoms with E-state index in [9.17, 15) is 18.0 Å². The van der Waals surface area contributed by atoms with E-state index in [4.69, 9.17) is 9.47 Å². The summed E-state index contributed by atoms with van der Waals surface area (Å²) in [5.74, 6) is 0.313. The van der Waals surface area contributed by atoms with Crippen molar-refractivity contribution in [2.45, 2.75) is 19.1 Å². The van der Waals surface area contributed by atoms with Crippen molar-refractivity contribution in [3.05, 3.63) is 46.2 Å². The smallest absolute Gasteiger partial charge is 0.406 e. The second-order valence-corrected chi connectivity index (χ2v) is 6.14. The van der Waals surface area contributed by atoms with E-state index < -0.39 is 18.6 Å². The molecule has 0 aliphatic heterocycles. The van der Waals surface area contributed by atoms with Gasteiger partial charge in [-0.1, -0.05) is 6.07 Å². The fourth-order valence-corrected chi connectivity index (χ4v) is 2.99. The number of ether oxygens (including phenoxy) is 2. The average Bonchev–Trinajstić information content (AvgIpc) is 3.05. The Bertz CT molecular complexity index is 702. The maximum atomic E-state index is 12.8. The van der Waals surface area contributed by atoms with Gasteiger partial charge in [-0.15, -0.1) is 0 Å². The van der Waals surface area contributed by atoms with Crippen LogP contribution in [-0.4, -0.2) is 37.7 Å². The Morgan fingerprint density at radius 3 is 2.40 bits per heavy atom. The van der Waals surface area contributed by atoms with Gasteiger partial charge >= 0.3 is 6.18 Å². The van der Waals surface area contributed by atoms with Gasteiger partial charge in [-0.05, 0) is 40.1 Å². The van der Waals surface area contributed by atoms with Crippen molar-refractivity contribution in [1.82, 2.24) is 4.90 Å². The van der Waals surface area contributed by atoms with E-state index in [1.54, 1.807) is 35.0 Å². The summed E-state index contributed by atoms with van der Waals surface area (Å²) in [6, 6.07) is 6.55. The van der Waals surface area contributed by atoms with E-state index in [1.165, 1.54) is 25.6 Å². The van der Waals surface area contributed by atoms with Crippen molar-refractivity contribution in [3.8, 4) is 11.5 Å².